The van der Waals surface area contributed by atoms with Crippen LogP contribution in [0.4, 0.5) is 0 Å². The molecule has 0 aromatic rings. The van der Waals surface area contributed by atoms with Crippen LogP contribution in [0.25, 0.3) is 0 Å². The fourth-order valence-corrected chi connectivity index (χ4v) is 3.03. The Hall–Kier alpha value is -0.610. The highest BCUT2D eigenvalue weighted by atomic mass is 16.4. The lowest BCUT2D eigenvalue weighted by Gasteiger charge is -2.28. The standard InChI is InChI=1S/C15H28N2O2/c1-17(13-6-4-2-3-5-7-13)11-10-14(15(18)19)16-12-8-9-12/h12-14,16H,2-11H2,1H3,(H,18,19). The quantitative estimate of drug-likeness (QED) is 0.695. The molecule has 1 atom stereocenters. The third kappa shape index (κ3) is 5.11. The summed E-state index contributed by atoms with van der Waals surface area (Å²) < 4.78 is 0. The second-order valence-electron chi connectivity index (χ2n) is 6.25. The molecule has 0 heterocycles. The summed E-state index contributed by atoms with van der Waals surface area (Å²) >= 11 is 0. The van der Waals surface area contributed by atoms with Crippen LogP contribution in [0.15, 0.2) is 0 Å². The zero-order valence-electron chi connectivity index (χ0n) is 12.1. The van der Waals surface area contributed by atoms with Crippen molar-refractivity contribution in [3.8, 4) is 0 Å². The topological polar surface area (TPSA) is 52.6 Å². The van der Waals surface area contributed by atoms with Crippen LogP contribution in [0.5, 0.6) is 0 Å². The summed E-state index contributed by atoms with van der Waals surface area (Å²) in [5, 5.41) is 12.5. The Morgan fingerprint density at radius 3 is 2.37 bits per heavy atom. The van der Waals surface area contributed by atoms with Crippen LogP contribution >= 0.6 is 0 Å². The zero-order valence-corrected chi connectivity index (χ0v) is 12.1. The van der Waals surface area contributed by atoms with Crippen LogP contribution < -0.4 is 5.32 Å². The number of hydrogen-bond acceptors (Lipinski definition) is 3. The van der Waals surface area contributed by atoms with Crippen LogP contribution in [0, 0.1) is 0 Å². The lowest BCUT2D eigenvalue weighted by molar-refractivity contribution is -0.139. The number of hydrogen-bond donors (Lipinski definition) is 2. The summed E-state index contributed by atoms with van der Waals surface area (Å²) in [6.07, 6.45) is 11.0. The molecule has 2 fully saturated rings. The van der Waals surface area contributed by atoms with Crippen LogP contribution in [0.3, 0.4) is 0 Å². The number of nitrogens with zero attached hydrogens (tertiary/aromatic N) is 1. The van der Waals surface area contributed by atoms with Gasteiger partial charge >= 0.3 is 5.97 Å². The molecule has 19 heavy (non-hydrogen) atoms. The predicted molar refractivity (Wildman–Crippen MR) is 76.3 cm³/mol. The number of rotatable bonds is 7. The largest absolute Gasteiger partial charge is 0.480 e. The Labute approximate surface area is 116 Å². The van der Waals surface area contributed by atoms with Gasteiger partial charge < -0.3 is 15.3 Å². The average Bonchev–Trinajstić information content (AvgIpc) is 3.20. The third-order valence-electron chi connectivity index (χ3n) is 4.53. The molecule has 2 aliphatic carbocycles. The summed E-state index contributed by atoms with van der Waals surface area (Å²) in [6.45, 7) is 0.890. The number of aliphatic carboxylic acids is 1. The number of nitrogens with one attached hydrogen (secondary N) is 1. The van der Waals surface area contributed by atoms with E-state index in [9.17, 15) is 9.90 Å². The Bertz CT molecular complexity index is 284. The summed E-state index contributed by atoms with van der Waals surface area (Å²) in [4.78, 5) is 13.6. The lowest BCUT2D eigenvalue weighted by Crippen LogP contribution is -2.42. The van der Waals surface area contributed by atoms with Gasteiger partial charge in [-0.25, -0.2) is 0 Å². The van der Waals surface area contributed by atoms with Gasteiger partial charge in [0, 0.05) is 18.6 Å². The maximum Gasteiger partial charge on any atom is 0.320 e. The summed E-state index contributed by atoms with van der Waals surface area (Å²) in [5.74, 6) is -0.693. The molecular weight excluding hydrogens is 240 g/mol. The summed E-state index contributed by atoms with van der Waals surface area (Å²) in [6, 6.07) is 0.767. The van der Waals surface area contributed by atoms with Crippen molar-refractivity contribution < 1.29 is 9.90 Å². The van der Waals surface area contributed by atoms with E-state index < -0.39 is 5.97 Å². The van der Waals surface area contributed by atoms with Gasteiger partial charge in [-0.3, -0.25) is 4.79 Å². The molecule has 0 spiro atoms. The van der Waals surface area contributed by atoms with Crippen LogP contribution in [-0.4, -0.2) is 47.7 Å². The van der Waals surface area contributed by atoms with Crippen LogP contribution in [-0.2, 0) is 4.79 Å². The molecule has 2 saturated carbocycles. The third-order valence-corrected chi connectivity index (χ3v) is 4.53. The Balaban J connectivity index is 1.73. The fourth-order valence-electron chi connectivity index (χ4n) is 3.03. The van der Waals surface area contributed by atoms with Crippen molar-refractivity contribution in [3.63, 3.8) is 0 Å². The Morgan fingerprint density at radius 1 is 1.21 bits per heavy atom. The van der Waals surface area contributed by atoms with Crippen molar-refractivity contribution >= 4 is 5.97 Å². The summed E-state index contributed by atoms with van der Waals surface area (Å²) in [5.41, 5.74) is 0. The SMILES string of the molecule is CN(CCC(NC1CC1)C(=O)O)C1CCCCCC1. The molecule has 0 aromatic carbocycles. The smallest absolute Gasteiger partial charge is 0.320 e. The average molecular weight is 268 g/mol. The first-order valence-electron chi connectivity index (χ1n) is 7.86. The molecule has 0 radical (unpaired) electrons. The molecule has 2 aliphatic rings. The molecule has 4 nitrogen and oxygen atoms in total. The van der Waals surface area contributed by atoms with E-state index in [0.717, 1.165) is 25.8 Å². The number of carboxylic acids is 1. The van der Waals surface area contributed by atoms with Gasteiger partial charge in [-0.2, -0.15) is 0 Å². The van der Waals surface area contributed by atoms with Gasteiger partial charge in [0.25, 0.3) is 0 Å². The monoisotopic (exact) mass is 268 g/mol. The lowest BCUT2D eigenvalue weighted by atomic mass is 10.1. The molecule has 110 valence electrons. The Morgan fingerprint density at radius 2 is 1.84 bits per heavy atom. The van der Waals surface area contributed by atoms with Crippen LogP contribution in [0.2, 0.25) is 0 Å². The molecule has 1 unspecified atom stereocenters. The van der Waals surface area contributed by atoms with Gasteiger partial charge in [-0.05, 0) is 39.2 Å². The highest BCUT2D eigenvalue weighted by Gasteiger charge is 2.28. The molecule has 0 aliphatic heterocycles. The van der Waals surface area contributed by atoms with Gasteiger partial charge in [-0.1, -0.05) is 25.7 Å². The number of carboxylic acid groups (broad SMARTS) is 1. The van der Waals surface area contributed by atoms with Crippen molar-refractivity contribution in [3.05, 3.63) is 0 Å². The van der Waals surface area contributed by atoms with Crippen molar-refractivity contribution in [1.29, 1.82) is 0 Å². The van der Waals surface area contributed by atoms with E-state index in [-0.39, 0.29) is 6.04 Å². The van der Waals surface area contributed by atoms with Gasteiger partial charge in [0.2, 0.25) is 0 Å². The molecule has 4 heteroatoms. The zero-order chi connectivity index (χ0) is 13.7. The molecular formula is C15H28N2O2. The van der Waals surface area contributed by atoms with Crippen molar-refractivity contribution in [1.82, 2.24) is 10.2 Å². The van der Waals surface area contributed by atoms with Crippen molar-refractivity contribution in [2.24, 2.45) is 0 Å². The second-order valence-corrected chi connectivity index (χ2v) is 6.25. The van der Waals surface area contributed by atoms with E-state index >= 15 is 0 Å². The minimum atomic E-state index is -0.693. The molecule has 2 N–H and O–H groups in total. The first-order chi connectivity index (χ1) is 9.16. The molecule has 0 amide bonds. The van der Waals surface area contributed by atoms with E-state index in [1.54, 1.807) is 0 Å². The molecule has 2 rings (SSSR count). The first kappa shape index (κ1) is 14.8. The van der Waals surface area contributed by atoms with E-state index in [1.807, 2.05) is 0 Å². The number of carbonyl (C=O) groups is 1. The fraction of sp³-hybridized carbons (Fsp3) is 0.933. The second kappa shape index (κ2) is 7.25. The van der Waals surface area contributed by atoms with E-state index in [1.165, 1.54) is 38.5 Å². The minimum Gasteiger partial charge on any atom is -0.480 e. The molecule has 0 aromatic heterocycles. The molecule has 0 bridgehead atoms. The van der Waals surface area contributed by atoms with Gasteiger partial charge in [0.05, 0.1) is 0 Å². The summed E-state index contributed by atoms with van der Waals surface area (Å²) in [7, 11) is 2.16. The molecule has 0 saturated heterocycles. The van der Waals surface area contributed by atoms with E-state index in [4.69, 9.17) is 0 Å². The van der Waals surface area contributed by atoms with Gasteiger partial charge in [0.1, 0.15) is 6.04 Å². The van der Waals surface area contributed by atoms with Gasteiger partial charge in [-0.15, -0.1) is 0 Å². The highest BCUT2D eigenvalue weighted by molar-refractivity contribution is 5.73. The Kier molecular flexibility index (Phi) is 5.64. The first-order valence-corrected chi connectivity index (χ1v) is 7.86. The normalized spacial score (nSPS) is 23.3. The van der Waals surface area contributed by atoms with Crippen molar-refractivity contribution in [2.45, 2.75) is 75.9 Å². The maximum absolute atomic E-state index is 11.2. The predicted octanol–water partition coefficient (Wildman–Crippen LogP) is 2.24. The van der Waals surface area contributed by atoms with Gasteiger partial charge in [0.15, 0.2) is 0 Å². The highest BCUT2D eigenvalue weighted by Crippen LogP contribution is 2.22. The van der Waals surface area contributed by atoms with Crippen molar-refractivity contribution in [2.75, 3.05) is 13.6 Å². The maximum atomic E-state index is 11.2. The van der Waals surface area contributed by atoms with E-state index in [2.05, 4.69) is 17.3 Å². The van der Waals surface area contributed by atoms with E-state index in [0.29, 0.717) is 12.1 Å². The van der Waals surface area contributed by atoms with Crippen LogP contribution in [0.1, 0.15) is 57.8 Å². The minimum absolute atomic E-state index is 0.360.